The van der Waals surface area contributed by atoms with Gasteiger partial charge < -0.3 is 5.11 Å². The fraction of sp³-hybridized carbons (Fsp3) is 0.312. The summed E-state index contributed by atoms with van der Waals surface area (Å²) in [6.45, 7) is 7.07. The first-order valence-corrected chi connectivity index (χ1v) is 14.1. The Hall–Kier alpha value is -5.06. The molecule has 0 spiro atoms. The van der Waals surface area contributed by atoms with Crippen molar-refractivity contribution in [3.63, 3.8) is 0 Å². The van der Waals surface area contributed by atoms with Gasteiger partial charge in [-0.3, -0.25) is 23.6 Å². The first-order valence-electron chi connectivity index (χ1n) is 14.1. The number of aromatic nitrogens is 6. The standard InChI is InChI=1S/C22H26O4.C10H8N6O/c1-14-15(2)22(26)20(16(3)21(14)25)18(17-10-6-4-7-11-17)12-8-5-9-13-19(23)24;1-6-3-2-4-16-9(6)11-5-7(10(16)17)8-12-14-15-13-8/h4,6-7,10-11,18H,5,8-9,12-13H2,1-3H3,(H,23,24);2-5H,1H3,(H,12,13,14,15). The number of H-pyrrole nitrogens is 1. The highest BCUT2D eigenvalue weighted by molar-refractivity contribution is 6.25. The highest BCUT2D eigenvalue weighted by Gasteiger charge is 2.33. The summed E-state index contributed by atoms with van der Waals surface area (Å²) in [5, 5.41) is 22.0. The zero-order valence-corrected chi connectivity index (χ0v) is 24.6. The number of fused-ring (bicyclic) bond motifs is 1. The number of aliphatic carboxylic acids is 1. The van der Waals surface area contributed by atoms with Crippen LogP contribution in [0.3, 0.4) is 0 Å². The van der Waals surface area contributed by atoms with Crippen LogP contribution in [0.15, 0.2) is 81.9 Å². The van der Waals surface area contributed by atoms with Crippen molar-refractivity contribution in [2.45, 2.75) is 65.7 Å². The van der Waals surface area contributed by atoms with Gasteiger partial charge in [0.15, 0.2) is 11.6 Å². The summed E-state index contributed by atoms with van der Waals surface area (Å²) in [5.41, 5.74) is 4.90. The van der Waals surface area contributed by atoms with Crippen molar-refractivity contribution in [3.8, 4) is 11.4 Å². The van der Waals surface area contributed by atoms with E-state index in [2.05, 4.69) is 25.6 Å². The van der Waals surface area contributed by atoms with Crippen molar-refractivity contribution in [1.29, 1.82) is 0 Å². The van der Waals surface area contributed by atoms with Gasteiger partial charge in [0, 0.05) is 47.0 Å². The van der Waals surface area contributed by atoms with Gasteiger partial charge in [-0.1, -0.05) is 49.2 Å². The normalized spacial score (nSPS) is 14.1. The summed E-state index contributed by atoms with van der Waals surface area (Å²) in [4.78, 5) is 52.6. The molecule has 1 aromatic carbocycles. The number of hydrogen-bond donors (Lipinski definition) is 2. The predicted octanol–water partition coefficient (Wildman–Crippen LogP) is 4.79. The zero-order valence-electron chi connectivity index (χ0n) is 24.6. The van der Waals surface area contributed by atoms with Crippen molar-refractivity contribution < 1.29 is 19.5 Å². The van der Waals surface area contributed by atoms with Crippen LogP contribution in [-0.2, 0) is 14.4 Å². The van der Waals surface area contributed by atoms with E-state index in [1.165, 1.54) is 10.6 Å². The van der Waals surface area contributed by atoms with E-state index in [9.17, 15) is 19.2 Å². The lowest BCUT2D eigenvalue weighted by Crippen LogP contribution is -2.24. The number of Topliss-reactive ketones (excluding diaryl/α,β-unsaturated/α-hetero) is 2. The number of aromatic amines is 1. The molecular formula is C32H34N6O5. The monoisotopic (exact) mass is 582 g/mol. The first kappa shape index (κ1) is 30.9. The minimum absolute atomic E-state index is 0.0426. The van der Waals surface area contributed by atoms with Crippen LogP contribution in [0.4, 0.5) is 0 Å². The van der Waals surface area contributed by atoms with Crippen LogP contribution >= 0.6 is 0 Å². The number of aryl methyl sites for hydroxylation is 1. The van der Waals surface area contributed by atoms with Crippen molar-refractivity contribution in [2.75, 3.05) is 0 Å². The number of nitrogens with zero attached hydrogens (tertiary/aromatic N) is 5. The summed E-state index contributed by atoms with van der Waals surface area (Å²) in [6.07, 6.45) is 6.25. The summed E-state index contributed by atoms with van der Waals surface area (Å²) in [6, 6.07) is 13.5. The van der Waals surface area contributed by atoms with Crippen molar-refractivity contribution in [3.05, 3.63) is 98.6 Å². The average Bonchev–Trinajstić information content (AvgIpc) is 3.54. The van der Waals surface area contributed by atoms with Crippen LogP contribution in [0.2, 0.25) is 0 Å². The maximum Gasteiger partial charge on any atom is 0.303 e. The van der Waals surface area contributed by atoms with Gasteiger partial charge >= 0.3 is 5.97 Å². The molecule has 11 nitrogen and oxygen atoms in total. The summed E-state index contributed by atoms with van der Waals surface area (Å²) in [5.74, 6) is -0.769. The average molecular weight is 583 g/mol. The second kappa shape index (κ2) is 13.7. The van der Waals surface area contributed by atoms with Gasteiger partial charge in [0.1, 0.15) is 11.2 Å². The quantitative estimate of drug-likeness (QED) is 0.209. The molecule has 4 aromatic rings. The van der Waals surface area contributed by atoms with E-state index in [0.717, 1.165) is 30.4 Å². The summed E-state index contributed by atoms with van der Waals surface area (Å²) < 4.78 is 1.47. The molecule has 43 heavy (non-hydrogen) atoms. The van der Waals surface area contributed by atoms with Gasteiger partial charge in [-0.25, -0.2) is 4.98 Å². The molecule has 0 bridgehead atoms. The molecule has 3 aromatic heterocycles. The number of rotatable bonds is 9. The molecule has 222 valence electrons. The maximum absolute atomic E-state index is 12.9. The molecule has 0 saturated heterocycles. The van der Waals surface area contributed by atoms with Gasteiger partial charge in [-0.15, -0.1) is 10.2 Å². The Kier molecular flexibility index (Phi) is 9.87. The van der Waals surface area contributed by atoms with Crippen molar-refractivity contribution in [1.82, 2.24) is 30.0 Å². The number of hydrogen-bond acceptors (Lipinski definition) is 8. The summed E-state index contributed by atoms with van der Waals surface area (Å²) >= 11 is 0. The first-order chi connectivity index (χ1) is 20.6. The minimum atomic E-state index is -0.785. The molecule has 0 saturated carbocycles. The number of benzene rings is 1. The maximum atomic E-state index is 12.9. The van der Waals surface area contributed by atoms with Crippen LogP contribution in [0.5, 0.6) is 0 Å². The van der Waals surface area contributed by atoms with Crippen molar-refractivity contribution in [2.24, 2.45) is 0 Å². The van der Waals surface area contributed by atoms with E-state index < -0.39 is 5.97 Å². The molecule has 0 radical (unpaired) electrons. The molecule has 3 heterocycles. The van der Waals surface area contributed by atoms with E-state index in [4.69, 9.17) is 5.11 Å². The number of carbonyl (C=O) groups excluding carboxylic acids is 2. The topological polar surface area (TPSA) is 160 Å². The molecule has 0 fully saturated rings. The third-order valence-corrected chi connectivity index (χ3v) is 7.68. The fourth-order valence-corrected chi connectivity index (χ4v) is 5.18. The number of allylic oxidation sites excluding steroid dienone is 4. The lowest BCUT2D eigenvalue weighted by atomic mass is 9.76. The van der Waals surface area contributed by atoms with Crippen LogP contribution in [0.25, 0.3) is 17.0 Å². The van der Waals surface area contributed by atoms with E-state index in [1.807, 2.05) is 43.3 Å². The molecule has 5 rings (SSSR count). The summed E-state index contributed by atoms with van der Waals surface area (Å²) in [7, 11) is 0. The number of ketones is 2. The van der Waals surface area contributed by atoms with E-state index in [1.54, 1.807) is 33.0 Å². The number of carboxylic acids is 1. The van der Waals surface area contributed by atoms with Gasteiger partial charge in [0.25, 0.3) is 5.56 Å². The molecule has 1 unspecified atom stereocenters. The Bertz CT molecular complexity index is 1770. The predicted molar refractivity (Wildman–Crippen MR) is 160 cm³/mol. The third kappa shape index (κ3) is 6.88. The smallest absolute Gasteiger partial charge is 0.303 e. The fourth-order valence-electron chi connectivity index (χ4n) is 5.18. The minimum Gasteiger partial charge on any atom is -0.481 e. The molecule has 1 aliphatic carbocycles. The van der Waals surface area contributed by atoms with Crippen LogP contribution in [-0.4, -0.2) is 52.7 Å². The Labute approximate surface area is 248 Å². The Morgan fingerprint density at radius 3 is 2.30 bits per heavy atom. The Morgan fingerprint density at radius 2 is 1.63 bits per heavy atom. The van der Waals surface area contributed by atoms with E-state index >= 15 is 0 Å². The van der Waals surface area contributed by atoms with Gasteiger partial charge in [0.2, 0.25) is 5.82 Å². The largest absolute Gasteiger partial charge is 0.481 e. The molecule has 0 amide bonds. The molecular weight excluding hydrogens is 548 g/mol. The van der Waals surface area contributed by atoms with E-state index in [-0.39, 0.29) is 35.3 Å². The number of carbonyl (C=O) groups is 3. The second-order valence-electron chi connectivity index (χ2n) is 10.5. The molecule has 0 aliphatic heterocycles. The molecule has 2 N–H and O–H groups in total. The van der Waals surface area contributed by atoms with Gasteiger partial charge in [0.05, 0.1) is 0 Å². The van der Waals surface area contributed by atoms with Gasteiger partial charge in [-0.05, 0) is 62.9 Å². The number of carboxylic acid groups (broad SMARTS) is 1. The third-order valence-electron chi connectivity index (χ3n) is 7.68. The van der Waals surface area contributed by atoms with Crippen molar-refractivity contribution >= 4 is 23.2 Å². The van der Waals surface area contributed by atoms with Gasteiger partial charge in [-0.2, -0.15) is 5.21 Å². The zero-order chi connectivity index (χ0) is 31.1. The molecule has 1 aliphatic rings. The highest BCUT2D eigenvalue weighted by atomic mass is 16.4. The highest BCUT2D eigenvalue weighted by Crippen LogP contribution is 2.37. The van der Waals surface area contributed by atoms with Crippen LogP contribution < -0.4 is 5.56 Å². The Morgan fingerprint density at radius 1 is 0.907 bits per heavy atom. The molecule has 11 heteroatoms. The van der Waals surface area contributed by atoms with Crippen LogP contribution in [0.1, 0.15) is 69.9 Å². The lowest BCUT2D eigenvalue weighted by Gasteiger charge is -2.26. The number of tetrazole rings is 1. The SMILES string of the molecule is CC1=C(C)C(=O)C(C(CCCCCC(=O)O)c2ccccc2)=C(C)C1=O.Cc1cccn2c(=O)c(-c3nn[nH]n3)cnc12. The van der Waals surface area contributed by atoms with E-state index in [0.29, 0.717) is 39.9 Å². The lowest BCUT2D eigenvalue weighted by molar-refractivity contribution is -0.137. The molecule has 1 atom stereocenters. The Balaban J connectivity index is 0.000000213. The number of nitrogens with one attached hydrogen (secondary N) is 1. The van der Waals surface area contributed by atoms with Crippen LogP contribution in [0, 0.1) is 6.92 Å². The second-order valence-corrected chi connectivity index (χ2v) is 10.5. The number of pyridine rings is 1. The number of unbranched alkanes of at least 4 members (excludes halogenated alkanes) is 2.